The number of piperazine rings is 1. The fourth-order valence-corrected chi connectivity index (χ4v) is 5.26. The maximum absolute atomic E-state index is 13.0. The molecule has 0 radical (unpaired) electrons. The van der Waals surface area contributed by atoms with Crippen LogP contribution in [0.4, 0.5) is 18.9 Å². The lowest BCUT2D eigenvalue weighted by Crippen LogP contribution is -2.58. The average molecular weight is 572 g/mol. The van der Waals surface area contributed by atoms with Gasteiger partial charge in [0.2, 0.25) is 21.8 Å². The summed E-state index contributed by atoms with van der Waals surface area (Å²) in [6, 6.07) is 2.48. The zero-order chi connectivity index (χ0) is 28.1. The van der Waals surface area contributed by atoms with E-state index < -0.39 is 40.0 Å². The number of likely N-dealkylation sites (N-methyl/N-ethyl adjacent to an activating group) is 1. The van der Waals surface area contributed by atoms with Crippen LogP contribution >= 0.6 is 11.6 Å². The normalized spacial score (nSPS) is 17.7. The highest BCUT2D eigenvalue weighted by Gasteiger charge is 2.38. The molecule has 17 heteroatoms. The van der Waals surface area contributed by atoms with Crippen molar-refractivity contribution in [1.82, 2.24) is 14.5 Å². The van der Waals surface area contributed by atoms with Crippen molar-refractivity contribution in [1.29, 1.82) is 0 Å². The Hall–Kier alpha value is -2.95. The molecule has 0 saturated carbocycles. The summed E-state index contributed by atoms with van der Waals surface area (Å²) in [6.45, 7) is 2.34. The summed E-state index contributed by atoms with van der Waals surface area (Å²) in [5.74, 6) is -4.72. The van der Waals surface area contributed by atoms with Crippen LogP contribution in [0.3, 0.4) is 0 Å². The minimum Gasteiger partial charge on any atom is -0.475 e. The zero-order valence-corrected chi connectivity index (χ0v) is 21.1. The number of benzene rings is 1. The molecule has 2 fully saturated rings. The van der Waals surface area contributed by atoms with E-state index in [0.717, 1.165) is 0 Å². The average Bonchev–Trinajstić information content (AvgIpc) is 3.22. The van der Waals surface area contributed by atoms with Crippen LogP contribution in [0.2, 0.25) is 5.02 Å². The fraction of sp³-hybridized carbons (Fsp3) is 0.500. The van der Waals surface area contributed by atoms with Gasteiger partial charge in [-0.1, -0.05) is 17.7 Å². The van der Waals surface area contributed by atoms with Crippen molar-refractivity contribution >= 4 is 51.0 Å². The third-order valence-corrected chi connectivity index (χ3v) is 7.43. The Labute approximate surface area is 215 Å². The van der Waals surface area contributed by atoms with Gasteiger partial charge < -0.3 is 25.5 Å². The first-order valence-corrected chi connectivity index (χ1v) is 12.6. The van der Waals surface area contributed by atoms with Crippen molar-refractivity contribution in [2.24, 2.45) is 5.73 Å². The number of rotatable bonds is 6. The number of primary amides is 1. The smallest absolute Gasteiger partial charge is 0.475 e. The number of nitrogens with one attached hydrogen (secondary N) is 1. The summed E-state index contributed by atoms with van der Waals surface area (Å²) in [7, 11) is -2.48. The molecule has 0 aromatic heterocycles. The van der Waals surface area contributed by atoms with Crippen molar-refractivity contribution in [3.8, 4) is 0 Å². The number of halogens is 4. The van der Waals surface area contributed by atoms with Crippen molar-refractivity contribution < 1.29 is 45.9 Å². The monoisotopic (exact) mass is 571 g/mol. The first-order chi connectivity index (χ1) is 17.1. The van der Waals surface area contributed by atoms with Gasteiger partial charge in [-0.05, 0) is 25.6 Å². The Morgan fingerprint density at radius 2 is 1.70 bits per heavy atom. The van der Waals surface area contributed by atoms with Gasteiger partial charge in [0, 0.05) is 39.1 Å². The summed E-state index contributed by atoms with van der Waals surface area (Å²) in [4.78, 5) is 50.1. The lowest BCUT2D eigenvalue weighted by atomic mass is 10.2. The number of amides is 3. The van der Waals surface area contributed by atoms with Gasteiger partial charge in [0.25, 0.3) is 5.91 Å². The molecule has 0 unspecified atom stereocenters. The number of carboxylic acid groups (broad SMARTS) is 1. The van der Waals surface area contributed by atoms with Crippen LogP contribution in [0.25, 0.3) is 0 Å². The maximum Gasteiger partial charge on any atom is 0.490 e. The van der Waals surface area contributed by atoms with E-state index in [-0.39, 0.29) is 21.5 Å². The predicted molar refractivity (Wildman–Crippen MR) is 124 cm³/mol. The van der Waals surface area contributed by atoms with E-state index in [2.05, 4.69) is 4.72 Å². The highest BCUT2D eigenvalue weighted by molar-refractivity contribution is 7.89. The van der Waals surface area contributed by atoms with Gasteiger partial charge >= 0.3 is 12.1 Å². The first-order valence-electron chi connectivity index (χ1n) is 10.7. The number of carbonyl (C=O) groups is 4. The van der Waals surface area contributed by atoms with Gasteiger partial charge in [0.1, 0.15) is 4.90 Å². The molecule has 2 heterocycles. The molecule has 0 aliphatic carbocycles. The quantitative estimate of drug-likeness (QED) is 0.401. The summed E-state index contributed by atoms with van der Waals surface area (Å²) in [5, 5.41) is 6.97. The molecule has 2 aliphatic rings. The molecule has 1 aromatic carbocycles. The molecule has 2 aliphatic heterocycles. The largest absolute Gasteiger partial charge is 0.490 e. The number of nitrogens with zero attached hydrogens (tertiary/aromatic N) is 3. The molecule has 2 saturated heterocycles. The van der Waals surface area contributed by atoms with Gasteiger partial charge in [-0.25, -0.2) is 13.2 Å². The van der Waals surface area contributed by atoms with Crippen LogP contribution in [-0.2, 0) is 29.2 Å². The third-order valence-electron chi connectivity index (χ3n) is 5.46. The minimum absolute atomic E-state index is 0.153. The van der Waals surface area contributed by atoms with Crippen molar-refractivity contribution in [2.75, 3.05) is 44.7 Å². The van der Waals surface area contributed by atoms with E-state index in [1.54, 1.807) is 6.07 Å². The number of aliphatic carboxylic acids is 1. The summed E-state index contributed by atoms with van der Waals surface area (Å²) in [5.41, 5.74) is 5.60. The summed E-state index contributed by atoms with van der Waals surface area (Å²) in [6.07, 6.45) is -4.08. The first kappa shape index (κ1) is 30.3. The zero-order valence-electron chi connectivity index (χ0n) is 19.5. The van der Waals surface area contributed by atoms with E-state index in [9.17, 15) is 36.0 Å². The van der Waals surface area contributed by atoms with Gasteiger partial charge in [0.05, 0.1) is 10.7 Å². The number of carbonyl (C=O) groups excluding carboxylic acids is 3. The van der Waals surface area contributed by atoms with Crippen LogP contribution in [-0.4, -0.2) is 99.0 Å². The maximum atomic E-state index is 13.0. The van der Waals surface area contributed by atoms with Gasteiger partial charge in [-0.15, -0.1) is 0 Å². The van der Waals surface area contributed by atoms with Gasteiger partial charge in [0.15, 0.2) is 6.04 Å². The number of anilines is 1. The lowest BCUT2D eigenvalue weighted by Gasteiger charge is -2.34. The third kappa shape index (κ3) is 7.77. The van der Waals surface area contributed by atoms with E-state index in [0.29, 0.717) is 45.6 Å². The Morgan fingerprint density at radius 1 is 1.14 bits per heavy atom. The molecule has 0 bridgehead atoms. The number of carboxylic acids is 1. The van der Waals surface area contributed by atoms with Crippen LogP contribution < -0.4 is 15.4 Å². The van der Waals surface area contributed by atoms with Gasteiger partial charge in [-0.3, -0.25) is 14.4 Å². The van der Waals surface area contributed by atoms with Crippen molar-refractivity contribution in [2.45, 2.75) is 30.0 Å². The fourth-order valence-electron chi connectivity index (χ4n) is 3.48. The second-order valence-corrected chi connectivity index (χ2v) is 10.2. The Bertz CT molecular complexity index is 1160. The Morgan fingerprint density at radius 3 is 2.16 bits per heavy atom. The Balaban J connectivity index is 0.000000604. The molecule has 1 aromatic rings. The molecule has 12 nitrogen and oxygen atoms in total. The van der Waals surface area contributed by atoms with Gasteiger partial charge in [-0.2, -0.15) is 17.9 Å². The highest BCUT2D eigenvalue weighted by Crippen LogP contribution is 2.34. The number of hydrogen-bond acceptors (Lipinski definition) is 7. The van der Waals surface area contributed by atoms with Crippen molar-refractivity contribution in [3.05, 3.63) is 23.2 Å². The second-order valence-electron chi connectivity index (χ2n) is 8.13. The lowest BCUT2D eigenvalue weighted by molar-refractivity contribution is -0.192. The molecule has 0 spiro atoms. The number of alkyl halides is 3. The summed E-state index contributed by atoms with van der Waals surface area (Å²) >= 11 is 6.32. The summed E-state index contributed by atoms with van der Waals surface area (Å²) < 4.78 is 59.8. The van der Waals surface area contributed by atoms with E-state index in [4.69, 9.17) is 27.2 Å². The molecule has 3 rings (SSSR count). The van der Waals surface area contributed by atoms with Crippen molar-refractivity contribution in [3.63, 3.8) is 0 Å². The topological polar surface area (TPSA) is 170 Å². The molecule has 37 heavy (non-hydrogen) atoms. The second kappa shape index (κ2) is 12.1. The number of nitrogens with two attached hydrogens (primary N) is 1. The Kier molecular flexibility index (Phi) is 9.87. The SMILES string of the molecule is CN1CCN(C(=O)[C@@H](NS(=O)(=O)c2cccc(N3CCCC3=O)c2Cl)C(N)=O)CC1.O=C(O)C(F)(F)F. The van der Waals surface area contributed by atoms with E-state index >= 15 is 0 Å². The number of sulfonamides is 1. The van der Waals surface area contributed by atoms with Crippen LogP contribution in [0.15, 0.2) is 23.1 Å². The predicted octanol–water partition coefficient (Wildman–Crippen LogP) is 0.00630. The van der Waals surface area contributed by atoms with Crippen LogP contribution in [0.1, 0.15) is 12.8 Å². The number of hydrogen-bond donors (Lipinski definition) is 3. The molecular weight excluding hydrogens is 547 g/mol. The molecule has 3 amide bonds. The molecular formula is C20H25ClF3N5O7S. The van der Waals surface area contributed by atoms with Crippen LogP contribution in [0, 0.1) is 0 Å². The highest BCUT2D eigenvalue weighted by atomic mass is 35.5. The van der Waals surface area contributed by atoms with E-state index in [1.807, 2.05) is 11.9 Å². The molecule has 1 atom stereocenters. The minimum atomic E-state index is -5.08. The van der Waals surface area contributed by atoms with Crippen LogP contribution in [0.5, 0.6) is 0 Å². The molecule has 4 N–H and O–H groups in total. The standard InChI is InChI=1S/C18H24ClN5O5S.C2HF3O2/c1-22-8-10-23(11-9-22)18(27)16(17(20)26)21-30(28,29)13-5-2-4-12(15(13)19)24-7-3-6-14(24)25;3-2(4,5)1(6)7/h2,4-5,16,21H,3,6-11H2,1H3,(H2,20,26);(H,6,7)/t16-;/m0./s1. The van der Waals surface area contributed by atoms with E-state index in [1.165, 1.54) is 21.9 Å². The molecule has 206 valence electrons.